The maximum Gasteiger partial charge on any atom is 0.270 e. The van der Waals surface area contributed by atoms with E-state index in [-0.39, 0.29) is 11.5 Å². The summed E-state index contributed by atoms with van der Waals surface area (Å²) in [7, 11) is 1.62. The lowest BCUT2D eigenvalue weighted by Crippen LogP contribution is -2.14. The molecule has 0 aliphatic carbocycles. The number of aromatic amines is 1. The van der Waals surface area contributed by atoms with Gasteiger partial charge >= 0.3 is 0 Å². The van der Waals surface area contributed by atoms with E-state index in [1.54, 1.807) is 19.3 Å². The number of carbonyl (C=O) groups excluding carboxylic acids is 1. The SMILES string of the molecule is C#C/C=C(\C=C/CCn1nc(-c2cc(Cl)cc(Cl)c2)cc1-c1ccc(OC)cc1)C(=O)Nc1nn[nH]n1. The number of halogens is 2. The van der Waals surface area contributed by atoms with Crippen LogP contribution in [0.2, 0.25) is 10.0 Å². The Bertz CT molecular complexity index is 1460. The van der Waals surface area contributed by atoms with E-state index in [9.17, 15) is 4.79 Å². The average molecular weight is 534 g/mol. The highest BCUT2D eigenvalue weighted by Crippen LogP contribution is 2.31. The molecular weight excluding hydrogens is 513 g/mol. The Balaban J connectivity index is 1.56. The van der Waals surface area contributed by atoms with Crippen LogP contribution in [0.15, 0.2) is 72.3 Å². The zero-order chi connectivity index (χ0) is 26.2. The fourth-order valence-electron chi connectivity index (χ4n) is 3.50. The summed E-state index contributed by atoms with van der Waals surface area (Å²) in [5, 5.41) is 21.5. The molecule has 0 unspecified atom stereocenters. The summed E-state index contributed by atoms with van der Waals surface area (Å²) in [5.41, 5.74) is 3.67. The molecule has 0 radical (unpaired) electrons. The third-order valence-corrected chi connectivity index (χ3v) is 5.64. The highest BCUT2D eigenvalue weighted by Gasteiger charge is 2.13. The number of hydrogen-bond donors (Lipinski definition) is 2. The van der Waals surface area contributed by atoms with Gasteiger partial charge in [-0.2, -0.15) is 10.3 Å². The van der Waals surface area contributed by atoms with Crippen LogP contribution in [0.25, 0.3) is 22.5 Å². The van der Waals surface area contributed by atoms with Crippen molar-refractivity contribution in [3.63, 3.8) is 0 Å². The first-order valence-corrected chi connectivity index (χ1v) is 11.8. The molecule has 186 valence electrons. The van der Waals surface area contributed by atoms with Gasteiger partial charge in [-0.05, 0) is 60.2 Å². The van der Waals surface area contributed by atoms with Crippen molar-refractivity contribution in [3.05, 3.63) is 82.4 Å². The van der Waals surface area contributed by atoms with Crippen LogP contribution in [-0.4, -0.2) is 43.4 Å². The predicted molar refractivity (Wildman–Crippen MR) is 143 cm³/mol. The number of rotatable bonds is 9. The number of H-pyrrole nitrogens is 1. The van der Waals surface area contributed by atoms with E-state index < -0.39 is 5.91 Å². The molecule has 2 aromatic carbocycles. The first kappa shape index (κ1) is 25.7. The van der Waals surface area contributed by atoms with Crippen LogP contribution in [-0.2, 0) is 11.3 Å². The molecule has 2 heterocycles. The molecular formula is C26H21Cl2N7O2. The number of ether oxygens (including phenoxy) is 1. The molecule has 9 nitrogen and oxygen atoms in total. The number of terminal acetylenes is 1. The van der Waals surface area contributed by atoms with Crippen LogP contribution < -0.4 is 10.1 Å². The molecule has 0 spiro atoms. The lowest BCUT2D eigenvalue weighted by Gasteiger charge is -2.07. The topological polar surface area (TPSA) is 111 Å². The van der Waals surface area contributed by atoms with E-state index in [0.29, 0.717) is 23.0 Å². The van der Waals surface area contributed by atoms with E-state index in [1.165, 1.54) is 6.08 Å². The zero-order valence-electron chi connectivity index (χ0n) is 19.7. The van der Waals surface area contributed by atoms with Crippen molar-refractivity contribution >= 4 is 35.1 Å². The van der Waals surface area contributed by atoms with E-state index in [2.05, 4.69) is 31.9 Å². The minimum absolute atomic E-state index is 0.0515. The molecule has 0 saturated carbocycles. The van der Waals surface area contributed by atoms with Gasteiger partial charge in [-0.15, -0.1) is 11.5 Å². The van der Waals surface area contributed by atoms with Crippen molar-refractivity contribution in [2.24, 2.45) is 0 Å². The second-order valence-corrected chi connectivity index (χ2v) is 8.54. The van der Waals surface area contributed by atoms with Gasteiger partial charge in [0, 0.05) is 39.4 Å². The fraction of sp³-hybridized carbons (Fsp3) is 0.115. The summed E-state index contributed by atoms with van der Waals surface area (Å²) in [4.78, 5) is 12.5. The molecule has 37 heavy (non-hydrogen) atoms. The molecule has 0 atom stereocenters. The van der Waals surface area contributed by atoms with Gasteiger partial charge in [-0.3, -0.25) is 14.8 Å². The minimum Gasteiger partial charge on any atom is -0.497 e. The molecule has 0 saturated heterocycles. The Morgan fingerprint density at radius 2 is 1.92 bits per heavy atom. The lowest BCUT2D eigenvalue weighted by molar-refractivity contribution is -0.112. The van der Waals surface area contributed by atoms with E-state index >= 15 is 0 Å². The number of nitrogens with zero attached hydrogens (tertiary/aromatic N) is 5. The second-order valence-electron chi connectivity index (χ2n) is 7.67. The Morgan fingerprint density at radius 1 is 1.16 bits per heavy atom. The van der Waals surface area contributed by atoms with Crippen molar-refractivity contribution in [1.82, 2.24) is 30.4 Å². The van der Waals surface area contributed by atoms with Gasteiger partial charge in [0.25, 0.3) is 11.9 Å². The largest absolute Gasteiger partial charge is 0.497 e. The lowest BCUT2D eigenvalue weighted by atomic mass is 10.1. The van der Waals surface area contributed by atoms with Crippen molar-refractivity contribution in [3.8, 4) is 40.6 Å². The molecule has 0 aliphatic heterocycles. The zero-order valence-corrected chi connectivity index (χ0v) is 21.2. The molecule has 1 amide bonds. The van der Waals surface area contributed by atoms with Crippen LogP contribution in [0.5, 0.6) is 5.75 Å². The second kappa shape index (κ2) is 12.0. The van der Waals surface area contributed by atoms with Crippen LogP contribution in [0.4, 0.5) is 5.95 Å². The number of aryl methyl sites for hydroxylation is 1. The molecule has 0 bridgehead atoms. The molecule has 0 aliphatic rings. The van der Waals surface area contributed by atoms with Crippen LogP contribution in [0.3, 0.4) is 0 Å². The standard InChI is InChI=1S/C26H21Cl2N7O2/c1-3-6-18(25(36)29-26-30-33-34-31-26)7-4-5-12-35-24(17-8-10-22(37-2)11-9-17)16-23(32-35)19-13-20(27)15-21(28)14-19/h1,4,6-11,13-16H,5,12H2,2H3,(H2,29,30,31,33,34,36)/b7-4-,18-6+. The monoisotopic (exact) mass is 533 g/mol. The van der Waals surface area contributed by atoms with Crippen LogP contribution in [0.1, 0.15) is 6.42 Å². The first-order valence-electron chi connectivity index (χ1n) is 11.0. The van der Waals surface area contributed by atoms with Gasteiger partial charge in [0.05, 0.1) is 18.5 Å². The number of methoxy groups -OCH3 is 1. The normalized spacial score (nSPS) is 11.5. The van der Waals surface area contributed by atoms with Gasteiger partial charge < -0.3 is 4.74 Å². The van der Waals surface area contributed by atoms with Crippen LogP contribution in [0, 0.1) is 12.3 Å². The number of aromatic nitrogens is 6. The fourth-order valence-corrected chi connectivity index (χ4v) is 4.02. The number of carbonyl (C=O) groups is 1. The third-order valence-electron chi connectivity index (χ3n) is 5.20. The van der Waals surface area contributed by atoms with Gasteiger partial charge in [0.2, 0.25) is 0 Å². The van der Waals surface area contributed by atoms with Crippen molar-refractivity contribution in [2.75, 3.05) is 12.4 Å². The molecule has 4 rings (SSSR count). The smallest absolute Gasteiger partial charge is 0.270 e. The first-order chi connectivity index (χ1) is 18.0. The maximum absolute atomic E-state index is 12.5. The molecule has 4 aromatic rings. The Labute approximate surface area is 223 Å². The Hall–Kier alpha value is -4.39. The van der Waals surface area contributed by atoms with E-state index in [0.717, 1.165) is 28.3 Å². The molecule has 2 N–H and O–H groups in total. The molecule has 11 heteroatoms. The quantitative estimate of drug-likeness (QED) is 0.174. The number of hydrogen-bond acceptors (Lipinski definition) is 6. The summed E-state index contributed by atoms with van der Waals surface area (Å²) in [6.07, 6.45) is 10.8. The number of allylic oxidation sites excluding steroid dienone is 2. The number of benzene rings is 2. The predicted octanol–water partition coefficient (Wildman–Crippen LogP) is 5.19. The van der Waals surface area contributed by atoms with E-state index in [4.69, 9.17) is 39.5 Å². The van der Waals surface area contributed by atoms with Crippen LogP contribution >= 0.6 is 23.2 Å². The summed E-state index contributed by atoms with van der Waals surface area (Å²) in [6.45, 7) is 0.530. The minimum atomic E-state index is -0.450. The number of nitrogens with one attached hydrogen (secondary N) is 2. The Morgan fingerprint density at radius 3 is 2.57 bits per heavy atom. The molecule has 2 aromatic heterocycles. The summed E-state index contributed by atoms with van der Waals surface area (Å²) in [6, 6.07) is 15.0. The maximum atomic E-state index is 12.5. The summed E-state index contributed by atoms with van der Waals surface area (Å²) < 4.78 is 7.17. The van der Waals surface area contributed by atoms with Crippen molar-refractivity contribution < 1.29 is 9.53 Å². The van der Waals surface area contributed by atoms with Gasteiger partial charge in [0.15, 0.2) is 0 Å². The van der Waals surface area contributed by atoms with E-state index in [1.807, 2.05) is 53.2 Å². The van der Waals surface area contributed by atoms with Gasteiger partial charge in [-0.25, -0.2) is 0 Å². The highest BCUT2D eigenvalue weighted by atomic mass is 35.5. The average Bonchev–Trinajstić information content (AvgIpc) is 3.55. The summed E-state index contributed by atoms with van der Waals surface area (Å²) >= 11 is 12.4. The van der Waals surface area contributed by atoms with Crippen molar-refractivity contribution in [1.29, 1.82) is 0 Å². The van der Waals surface area contributed by atoms with Gasteiger partial charge in [0.1, 0.15) is 5.75 Å². The highest BCUT2D eigenvalue weighted by molar-refractivity contribution is 6.35. The van der Waals surface area contributed by atoms with Gasteiger partial charge in [-0.1, -0.05) is 46.4 Å². The number of anilines is 1. The number of tetrazole rings is 1. The Kier molecular flexibility index (Phi) is 8.36. The number of amides is 1. The summed E-state index contributed by atoms with van der Waals surface area (Å²) in [5.74, 6) is 2.73. The molecule has 0 fully saturated rings. The van der Waals surface area contributed by atoms with Crippen molar-refractivity contribution in [2.45, 2.75) is 13.0 Å². The third kappa shape index (κ3) is 6.64.